The van der Waals surface area contributed by atoms with E-state index in [-0.39, 0.29) is 6.61 Å². The normalized spacial score (nSPS) is 15.2. The number of aryl methyl sites for hydroxylation is 1. The molecule has 0 bridgehead atoms. The maximum Gasteiger partial charge on any atom is 0.338 e. The molecule has 1 aromatic heterocycles. The molecular formula is C24H23ClN4O2S. The summed E-state index contributed by atoms with van der Waals surface area (Å²) in [7, 11) is 0. The summed E-state index contributed by atoms with van der Waals surface area (Å²) in [6.07, 6.45) is 1.54. The second-order valence-electron chi connectivity index (χ2n) is 7.45. The fraction of sp³-hybridized carbons (Fsp3) is 0.208. The summed E-state index contributed by atoms with van der Waals surface area (Å²) >= 11 is 7.64. The number of hydrogen-bond donors (Lipinski definition) is 1. The highest BCUT2D eigenvalue weighted by molar-refractivity contribution is 7.98. The number of allylic oxidation sites excluding steroid dienone is 1. The monoisotopic (exact) mass is 466 g/mol. The van der Waals surface area contributed by atoms with E-state index in [1.54, 1.807) is 34.7 Å². The summed E-state index contributed by atoms with van der Waals surface area (Å²) in [6, 6.07) is 15.2. The van der Waals surface area contributed by atoms with Gasteiger partial charge in [0.15, 0.2) is 0 Å². The van der Waals surface area contributed by atoms with Crippen molar-refractivity contribution < 1.29 is 9.53 Å². The maximum atomic E-state index is 12.9. The van der Waals surface area contributed by atoms with E-state index in [1.807, 2.05) is 25.1 Å². The van der Waals surface area contributed by atoms with E-state index in [1.165, 1.54) is 11.1 Å². The van der Waals surface area contributed by atoms with Crippen LogP contribution in [0.2, 0.25) is 5.02 Å². The molecule has 0 saturated carbocycles. The van der Waals surface area contributed by atoms with Crippen LogP contribution in [0.3, 0.4) is 0 Å². The number of hydrogen-bond acceptors (Lipinski definition) is 6. The Kier molecular flexibility index (Phi) is 6.67. The van der Waals surface area contributed by atoms with Crippen LogP contribution in [0, 0.1) is 6.92 Å². The third-order valence-corrected chi connectivity index (χ3v) is 6.18. The zero-order chi connectivity index (χ0) is 22.7. The summed E-state index contributed by atoms with van der Waals surface area (Å²) in [4.78, 5) is 17.6. The highest BCUT2D eigenvalue weighted by atomic mass is 35.5. The van der Waals surface area contributed by atoms with E-state index < -0.39 is 12.0 Å². The molecule has 6 nitrogen and oxygen atoms in total. The van der Waals surface area contributed by atoms with Gasteiger partial charge in [0.05, 0.1) is 5.57 Å². The molecule has 2 heterocycles. The fourth-order valence-electron chi connectivity index (χ4n) is 3.57. The SMILES string of the molecule is C=CCOC(=O)C1=C(C)Nc2nc(SCc3cccc(C)c3)nn2C1c1ccc(Cl)cc1. The average molecular weight is 467 g/mol. The number of aromatic nitrogens is 3. The van der Waals surface area contributed by atoms with Gasteiger partial charge in [-0.25, -0.2) is 9.48 Å². The van der Waals surface area contributed by atoms with Gasteiger partial charge in [0.25, 0.3) is 0 Å². The second kappa shape index (κ2) is 9.63. The summed E-state index contributed by atoms with van der Waals surface area (Å²) in [5, 5.41) is 9.18. The van der Waals surface area contributed by atoms with Crippen molar-refractivity contribution in [3.8, 4) is 0 Å². The first-order valence-electron chi connectivity index (χ1n) is 10.1. The fourth-order valence-corrected chi connectivity index (χ4v) is 4.47. The number of carbonyl (C=O) groups is 1. The predicted molar refractivity (Wildman–Crippen MR) is 128 cm³/mol. The van der Waals surface area contributed by atoms with Gasteiger partial charge in [-0.15, -0.1) is 5.10 Å². The largest absolute Gasteiger partial charge is 0.458 e. The van der Waals surface area contributed by atoms with E-state index in [2.05, 4.69) is 42.0 Å². The number of fused-ring (bicyclic) bond motifs is 1. The number of rotatable bonds is 7. The first-order valence-corrected chi connectivity index (χ1v) is 11.5. The molecular weight excluding hydrogens is 444 g/mol. The number of nitrogens with one attached hydrogen (secondary N) is 1. The smallest absolute Gasteiger partial charge is 0.338 e. The van der Waals surface area contributed by atoms with Crippen LogP contribution in [0.25, 0.3) is 0 Å². The van der Waals surface area contributed by atoms with Gasteiger partial charge in [0.2, 0.25) is 11.1 Å². The maximum absolute atomic E-state index is 12.9. The quantitative estimate of drug-likeness (QED) is 0.279. The molecule has 0 radical (unpaired) electrons. The molecule has 2 aromatic carbocycles. The number of anilines is 1. The second-order valence-corrected chi connectivity index (χ2v) is 8.82. The van der Waals surface area contributed by atoms with Gasteiger partial charge >= 0.3 is 5.97 Å². The Morgan fingerprint density at radius 2 is 2.06 bits per heavy atom. The predicted octanol–water partition coefficient (Wildman–Crippen LogP) is 5.55. The van der Waals surface area contributed by atoms with Crippen LogP contribution in [-0.2, 0) is 15.3 Å². The van der Waals surface area contributed by atoms with Gasteiger partial charge < -0.3 is 10.1 Å². The molecule has 4 rings (SSSR count). The zero-order valence-electron chi connectivity index (χ0n) is 17.8. The number of benzene rings is 2. The van der Waals surface area contributed by atoms with Crippen LogP contribution in [-0.4, -0.2) is 27.3 Å². The summed E-state index contributed by atoms with van der Waals surface area (Å²) < 4.78 is 7.10. The van der Waals surface area contributed by atoms with Crippen molar-refractivity contribution in [2.45, 2.75) is 30.8 Å². The molecule has 8 heteroatoms. The number of thioether (sulfide) groups is 1. The Balaban J connectivity index is 1.68. The summed E-state index contributed by atoms with van der Waals surface area (Å²) in [6.45, 7) is 7.66. The van der Waals surface area contributed by atoms with Crippen LogP contribution in [0.1, 0.15) is 29.7 Å². The molecule has 1 unspecified atom stereocenters. The molecule has 0 saturated heterocycles. The highest BCUT2D eigenvalue weighted by Crippen LogP contribution is 2.37. The van der Waals surface area contributed by atoms with E-state index in [9.17, 15) is 4.79 Å². The van der Waals surface area contributed by atoms with Crippen LogP contribution in [0.15, 0.2) is 77.6 Å². The Morgan fingerprint density at radius 3 is 2.78 bits per heavy atom. The molecule has 0 aliphatic carbocycles. The molecule has 1 atom stereocenters. The lowest BCUT2D eigenvalue weighted by Gasteiger charge is -2.28. The van der Waals surface area contributed by atoms with E-state index in [0.29, 0.717) is 27.4 Å². The van der Waals surface area contributed by atoms with Crippen LogP contribution < -0.4 is 5.32 Å². The minimum absolute atomic E-state index is 0.130. The number of ether oxygens (including phenoxy) is 1. The number of carbonyl (C=O) groups excluding carboxylic acids is 1. The van der Waals surface area contributed by atoms with Crippen molar-refractivity contribution in [3.05, 3.63) is 94.2 Å². The Labute approximate surface area is 196 Å². The third-order valence-electron chi connectivity index (χ3n) is 5.02. The molecule has 1 N–H and O–H groups in total. The van der Waals surface area contributed by atoms with Crippen LogP contribution in [0.4, 0.5) is 5.95 Å². The lowest BCUT2D eigenvalue weighted by molar-refractivity contribution is -0.138. The van der Waals surface area contributed by atoms with Crippen molar-refractivity contribution in [2.24, 2.45) is 0 Å². The van der Waals surface area contributed by atoms with Crippen LogP contribution in [0.5, 0.6) is 0 Å². The molecule has 0 amide bonds. The Morgan fingerprint density at radius 1 is 1.28 bits per heavy atom. The topological polar surface area (TPSA) is 69.0 Å². The van der Waals surface area contributed by atoms with Crippen molar-refractivity contribution in [1.29, 1.82) is 0 Å². The van der Waals surface area contributed by atoms with Crippen molar-refractivity contribution in [2.75, 3.05) is 11.9 Å². The van der Waals surface area contributed by atoms with E-state index in [0.717, 1.165) is 11.3 Å². The standard InChI is InChI=1S/C24H23ClN4O2S/c1-4-12-31-22(30)20-16(3)26-23-27-24(32-14-17-7-5-6-15(2)13-17)28-29(23)21(20)18-8-10-19(25)11-9-18/h4-11,13,21H,1,12,14H2,2-3H3,(H,26,27,28). The zero-order valence-corrected chi connectivity index (χ0v) is 19.4. The average Bonchev–Trinajstić information content (AvgIpc) is 3.18. The molecule has 0 spiro atoms. The van der Waals surface area contributed by atoms with E-state index >= 15 is 0 Å². The summed E-state index contributed by atoms with van der Waals surface area (Å²) in [5.74, 6) is 0.900. The molecule has 3 aromatic rings. The highest BCUT2D eigenvalue weighted by Gasteiger charge is 2.35. The lowest BCUT2D eigenvalue weighted by Crippen LogP contribution is -2.29. The molecule has 0 fully saturated rings. The number of halogens is 1. The molecule has 164 valence electrons. The van der Waals surface area contributed by atoms with Gasteiger partial charge in [0.1, 0.15) is 12.6 Å². The lowest BCUT2D eigenvalue weighted by atomic mass is 9.96. The third kappa shape index (κ3) is 4.74. The summed E-state index contributed by atoms with van der Waals surface area (Å²) in [5.41, 5.74) is 4.43. The molecule has 1 aliphatic heterocycles. The van der Waals surface area contributed by atoms with Gasteiger partial charge in [-0.1, -0.05) is 78.0 Å². The van der Waals surface area contributed by atoms with Gasteiger partial charge in [-0.3, -0.25) is 0 Å². The Bertz CT molecular complexity index is 1190. The van der Waals surface area contributed by atoms with Crippen molar-refractivity contribution in [1.82, 2.24) is 14.8 Å². The minimum atomic E-state index is -0.485. The molecule has 1 aliphatic rings. The van der Waals surface area contributed by atoms with Crippen LogP contribution >= 0.6 is 23.4 Å². The number of esters is 1. The molecule has 32 heavy (non-hydrogen) atoms. The Hall–Kier alpha value is -3.03. The number of nitrogens with zero attached hydrogens (tertiary/aromatic N) is 3. The van der Waals surface area contributed by atoms with Crippen molar-refractivity contribution >= 4 is 35.3 Å². The first-order chi connectivity index (χ1) is 15.5. The van der Waals surface area contributed by atoms with Gasteiger partial charge in [0, 0.05) is 16.5 Å². The minimum Gasteiger partial charge on any atom is -0.458 e. The van der Waals surface area contributed by atoms with Gasteiger partial charge in [-0.2, -0.15) is 4.98 Å². The van der Waals surface area contributed by atoms with E-state index in [4.69, 9.17) is 21.4 Å². The first kappa shape index (κ1) is 22.2. The van der Waals surface area contributed by atoms with Gasteiger partial charge in [-0.05, 0) is 37.1 Å². The van der Waals surface area contributed by atoms with Crippen molar-refractivity contribution in [3.63, 3.8) is 0 Å².